The average molecular weight is 577 g/mol. The van der Waals surface area contributed by atoms with Crippen molar-refractivity contribution in [1.82, 2.24) is 14.8 Å². The highest BCUT2D eigenvalue weighted by atomic mass is 16.6. The lowest BCUT2D eigenvalue weighted by Gasteiger charge is -2.44. The number of carbonyl (C=O) groups excluding carboxylic acids is 3. The smallest absolute Gasteiger partial charge is 0.336 e. The largest absolute Gasteiger partial charge is 0.466 e. The van der Waals surface area contributed by atoms with Gasteiger partial charge in [0.1, 0.15) is 12.1 Å². The van der Waals surface area contributed by atoms with E-state index in [0.717, 1.165) is 5.82 Å². The second kappa shape index (κ2) is 12.5. The van der Waals surface area contributed by atoms with E-state index < -0.39 is 28.4 Å². The van der Waals surface area contributed by atoms with Gasteiger partial charge < -0.3 is 30.0 Å². The number of amides is 1. The van der Waals surface area contributed by atoms with Crippen molar-refractivity contribution in [3.8, 4) is 0 Å². The molecule has 2 aliphatic rings. The molecule has 12 heteroatoms. The van der Waals surface area contributed by atoms with E-state index in [-0.39, 0.29) is 23.6 Å². The predicted octanol–water partition coefficient (Wildman–Crippen LogP) is 2.97. The fraction of sp³-hybridized carbons (Fsp3) is 0.400. The maximum absolute atomic E-state index is 13.4. The van der Waals surface area contributed by atoms with Gasteiger partial charge in [0.15, 0.2) is 0 Å². The van der Waals surface area contributed by atoms with E-state index in [2.05, 4.69) is 9.88 Å². The van der Waals surface area contributed by atoms with Crippen molar-refractivity contribution in [2.45, 2.75) is 39.3 Å². The maximum Gasteiger partial charge on any atom is 0.336 e. The third-order valence-electron chi connectivity index (χ3n) is 8.06. The van der Waals surface area contributed by atoms with E-state index in [1.165, 1.54) is 19.2 Å². The van der Waals surface area contributed by atoms with Crippen LogP contribution in [0.1, 0.15) is 38.7 Å². The van der Waals surface area contributed by atoms with Crippen LogP contribution in [0.2, 0.25) is 0 Å². The number of nitrogens with zero attached hydrogens (tertiary/aromatic N) is 5. The molecule has 1 aromatic carbocycles. The molecule has 2 aliphatic heterocycles. The van der Waals surface area contributed by atoms with Crippen molar-refractivity contribution in [2.24, 2.45) is 11.1 Å². The van der Waals surface area contributed by atoms with Gasteiger partial charge in [0.25, 0.3) is 5.69 Å². The van der Waals surface area contributed by atoms with Crippen LogP contribution in [0.25, 0.3) is 0 Å². The van der Waals surface area contributed by atoms with Gasteiger partial charge in [-0.15, -0.1) is 0 Å². The molecule has 4 rings (SSSR count). The fourth-order valence-electron chi connectivity index (χ4n) is 5.61. The summed E-state index contributed by atoms with van der Waals surface area (Å²) in [5, 5.41) is 11.4. The maximum atomic E-state index is 13.4. The lowest BCUT2D eigenvalue weighted by atomic mass is 9.80. The molecule has 2 N–H and O–H groups in total. The van der Waals surface area contributed by atoms with Crippen molar-refractivity contribution in [3.63, 3.8) is 0 Å². The highest BCUT2D eigenvalue weighted by Crippen LogP contribution is 2.41. The Morgan fingerprint density at radius 3 is 2.50 bits per heavy atom. The van der Waals surface area contributed by atoms with E-state index >= 15 is 0 Å². The molecule has 1 amide bonds. The minimum atomic E-state index is -1.30. The number of nitro benzene ring substituents is 1. The summed E-state index contributed by atoms with van der Waals surface area (Å²) >= 11 is 0. The molecular formula is C30H36N6O6. The Bertz CT molecular complexity index is 1420. The first-order valence-electron chi connectivity index (χ1n) is 13.7. The van der Waals surface area contributed by atoms with E-state index in [1.807, 2.05) is 18.2 Å². The van der Waals surface area contributed by atoms with Gasteiger partial charge in [-0.3, -0.25) is 14.9 Å². The normalized spacial score (nSPS) is 19.5. The zero-order valence-electron chi connectivity index (χ0n) is 24.2. The van der Waals surface area contributed by atoms with Crippen LogP contribution < -0.4 is 10.6 Å². The van der Waals surface area contributed by atoms with Gasteiger partial charge in [0.05, 0.1) is 29.2 Å². The second-order valence-electron chi connectivity index (χ2n) is 10.8. The molecule has 1 saturated heterocycles. The first kappa shape index (κ1) is 30.4. The number of pyridine rings is 1. The molecule has 0 bridgehead atoms. The Hall–Kier alpha value is -4.58. The zero-order chi connectivity index (χ0) is 30.6. The van der Waals surface area contributed by atoms with Crippen LogP contribution in [0, 0.1) is 15.5 Å². The number of aromatic nitrogens is 1. The molecule has 0 aliphatic carbocycles. The number of rotatable bonds is 9. The molecule has 3 heterocycles. The predicted molar refractivity (Wildman–Crippen MR) is 156 cm³/mol. The minimum absolute atomic E-state index is 0.104. The van der Waals surface area contributed by atoms with Crippen LogP contribution in [0.4, 0.5) is 11.5 Å². The Morgan fingerprint density at radius 2 is 1.90 bits per heavy atom. The number of carbonyl (C=O) groups is 3. The van der Waals surface area contributed by atoms with Gasteiger partial charge in [-0.05, 0) is 38.5 Å². The Kier molecular flexibility index (Phi) is 9.05. The van der Waals surface area contributed by atoms with E-state index in [4.69, 9.17) is 10.5 Å². The van der Waals surface area contributed by atoms with Crippen LogP contribution in [0.15, 0.2) is 71.7 Å². The summed E-state index contributed by atoms with van der Waals surface area (Å²) in [4.78, 5) is 59.8. The number of ether oxygens (including phenoxy) is 1. The third-order valence-corrected chi connectivity index (χ3v) is 8.06. The van der Waals surface area contributed by atoms with Gasteiger partial charge in [-0.2, -0.15) is 0 Å². The second-order valence-corrected chi connectivity index (χ2v) is 10.8. The summed E-state index contributed by atoms with van der Waals surface area (Å²) in [6, 6.07) is 11.8. The number of hydrogen-bond donors (Lipinski definition) is 1. The molecule has 3 atom stereocenters. The van der Waals surface area contributed by atoms with Crippen molar-refractivity contribution in [1.29, 1.82) is 0 Å². The number of nitrogens with two attached hydrogens (primary N) is 1. The first-order valence-corrected chi connectivity index (χ1v) is 13.7. The molecule has 42 heavy (non-hydrogen) atoms. The highest BCUT2D eigenvalue weighted by Gasteiger charge is 2.43. The molecule has 0 spiro atoms. The van der Waals surface area contributed by atoms with E-state index in [1.54, 1.807) is 55.0 Å². The summed E-state index contributed by atoms with van der Waals surface area (Å²) in [7, 11) is 1.25. The Balaban J connectivity index is 1.57. The first-order chi connectivity index (χ1) is 20.0. The molecule has 2 aromatic rings. The number of allylic oxidation sites excluding steroid dienone is 3. The number of piperazine rings is 1. The SMILES string of the molecule is COC(=O)C1=C(C)N(C(N)C(C)(C=O)CC(=O)N2CCN(c3ccccn3)CC2)C(C)=CC1c1cccc([N+](=O)[O-])c1. The summed E-state index contributed by atoms with van der Waals surface area (Å²) in [6.45, 7) is 7.31. The van der Waals surface area contributed by atoms with E-state index in [9.17, 15) is 24.5 Å². The number of methoxy groups -OCH3 is 1. The van der Waals surface area contributed by atoms with Gasteiger partial charge in [-0.1, -0.05) is 24.3 Å². The summed E-state index contributed by atoms with van der Waals surface area (Å²) in [5.41, 5.74) is 7.18. The van der Waals surface area contributed by atoms with E-state index in [0.29, 0.717) is 49.4 Å². The lowest BCUT2D eigenvalue weighted by Crippen LogP contribution is -2.56. The van der Waals surface area contributed by atoms with Crippen molar-refractivity contribution in [2.75, 3.05) is 38.2 Å². The molecule has 0 radical (unpaired) electrons. The molecule has 222 valence electrons. The quantitative estimate of drug-likeness (QED) is 0.204. The lowest BCUT2D eigenvalue weighted by molar-refractivity contribution is -0.384. The zero-order valence-corrected chi connectivity index (χ0v) is 24.2. The topological polar surface area (TPSA) is 152 Å². The summed E-state index contributed by atoms with van der Waals surface area (Å²) in [5.74, 6) is -0.604. The summed E-state index contributed by atoms with van der Waals surface area (Å²) < 4.78 is 5.08. The van der Waals surface area contributed by atoms with Crippen LogP contribution in [0.3, 0.4) is 0 Å². The number of aldehydes is 1. The van der Waals surface area contributed by atoms with Gasteiger partial charge >= 0.3 is 5.97 Å². The van der Waals surface area contributed by atoms with Crippen molar-refractivity contribution >= 4 is 29.7 Å². The standard InChI is InChI=1S/C30H36N6O6/c1-20-16-24(22-8-7-9-23(17-22)36(40)41)27(28(39)42-4)21(2)35(20)29(31)30(3,19-37)18-26(38)34-14-12-33(13-15-34)25-10-5-6-11-32-25/h5-11,16-17,19,24,29H,12-15,18,31H2,1-4H3. The number of anilines is 1. The van der Waals surface area contributed by atoms with Crippen LogP contribution in [-0.2, 0) is 19.1 Å². The number of benzene rings is 1. The minimum Gasteiger partial charge on any atom is -0.466 e. The summed E-state index contributed by atoms with van der Waals surface area (Å²) in [6.07, 6.45) is 3.08. The Labute approximate surface area is 244 Å². The van der Waals surface area contributed by atoms with Crippen molar-refractivity contribution in [3.05, 3.63) is 87.4 Å². The average Bonchev–Trinajstić information content (AvgIpc) is 3.00. The number of hydrogen-bond acceptors (Lipinski definition) is 10. The number of nitro groups is 1. The molecule has 12 nitrogen and oxygen atoms in total. The highest BCUT2D eigenvalue weighted by molar-refractivity contribution is 5.92. The monoisotopic (exact) mass is 576 g/mol. The molecule has 0 saturated carbocycles. The fourth-order valence-corrected chi connectivity index (χ4v) is 5.61. The van der Waals surface area contributed by atoms with Gasteiger partial charge in [0, 0.05) is 68.2 Å². The number of esters is 1. The van der Waals surface area contributed by atoms with Crippen molar-refractivity contribution < 1.29 is 24.0 Å². The van der Waals surface area contributed by atoms with Gasteiger partial charge in [0.2, 0.25) is 5.91 Å². The van der Waals surface area contributed by atoms with Gasteiger partial charge in [-0.25, -0.2) is 9.78 Å². The molecule has 3 unspecified atom stereocenters. The molecule has 1 aromatic heterocycles. The molecular weight excluding hydrogens is 540 g/mol. The van der Waals surface area contributed by atoms with Crippen LogP contribution in [-0.4, -0.2) is 77.3 Å². The molecule has 1 fully saturated rings. The van der Waals surface area contributed by atoms with Crippen LogP contribution in [0.5, 0.6) is 0 Å². The van der Waals surface area contributed by atoms with Crippen LogP contribution >= 0.6 is 0 Å². The third kappa shape index (κ3) is 6.03. The number of non-ortho nitro benzene ring substituents is 1. The Morgan fingerprint density at radius 1 is 1.19 bits per heavy atom.